The quantitative estimate of drug-likeness (QED) is 0.837. The topological polar surface area (TPSA) is 49.4 Å². The van der Waals surface area contributed by atoms with Crippen molar-refractivity contribution in [1.29, 1.82) is 0 Å². The number of nitrogens with one attached hydrogen (secondary N) is 1. The van der Waals surface area contributed by atoms with E-state index in [0.717, 1.165) is 24.1 Å². The van der Waals surface area contributed by atoms with Gasteiger partial charge in [0.15, 0.2) is 0 Å². The molecule has 1 aliphatic rings. The second kappa shape index (κ2) is 7.86. The van der Waals surface area contributed by atoms with Gasteiger partial charge in [-0.2, -0.15) is 0 Å². The Labute approximate surface area is 154 Å². The summed E-state index contributed by atoms with van der Waals surface area (Å²) in [4.78, 5) is 25.5. The molecule has 2 aromatic carbocycles. The van der Waals surface area contributed by atoms with Crippen molar-refractivity contribution < 1.29 is 18.4 Å². The maximum Gasteiger partial charge on any atom is 0.238 e. The van der Waals surface area contributed by atoms with Crippen molar-refractivity contribution in [3.8, 4) is 0 Å². The van der Waals surface area contributed by atoms with Crippen LogP contribution in [0.1, 0.15) is 30.7 Å². The summed E-state index contributed by atoms with van der Waals surface area (Å²) in [7, 11) is 0. The number of hydrogen-bond donors (Lipinski definition) is 1. The van der Waals surface area contributed by atoms with Crippen LogP contribution in [0.3, 0.4) is 0 Å². The van der Waals surface area contributed by atoms with Gasteiger partial charge in [0.2, 0.25) is 11.8 Å². The van der Waals surface area contributed by atoms with Gasteiger partial charge in [-0.25, -0.2) is 8.78 Å². The average Bonchev–Trinajstić information content (AvgIpc) is 2.97. The zero-order chi connectivity index (χ0) is 18.7. The van der Waals surface area contributed by atoms with Crippen molar-refractivity contribution in [3.63, 3.8) is 0 Å². The lowest BCUT2D eigenvalue weighted by Gasteiger charge is -2.25. The second-order valence-corrected chi connectivity index (χ2v) is 7.02. The standard InChI is InChI=1S/C19H18F2N2O2S/c1-2-4-17(24)22-14-6-3-5-12(9-14)19-23(18(25)11-26-19)16-8-7-13(20)10-15(16)21/h3,5-10,19H,2,4,11H2,1H3,(H,22,24)/t19-/m0/s1. The zero-order valence-corrected chi connectivity index (χ0v) is 15.0. The molecule has 3 rings (SSSR count). The molecule has 26 heavy (non-hydrogen) atoms. The first kappa shape index (κ1) is 18.4. The number of thioether (sulfide) groups is 1. The first-order valence-electron chi connectivity index (χ1n) is 8.28. The molecule has 0 bridgehead atoms. The molecule has 2 amide bonds. The van der Waals surface area contributed by atoms with E-state index in [4.69, 9.17) is 0 Å². The van der Waals surface area contributed by atoms with Crippen LogP contribution in [-0.2, 0) is 9.59 Å². The Bertz CT molecular complexity index is 844. The highest BCUT2D eigenvalue weighted by Gasteiger charge is 2.35. The third-order valence-corrected chi connectivity index (χ3v) is 5.18. The third kappa shape index (κ3) is 3.88. The fraction of sp³-hybridized carbons (Fsp3) is 0.263. The molecule has 0 unspecified atom stereocenters. The van der Waals surface area contributed by atoms with E-state index in [1.807, 2.05) is 13.0 Å². The van der Waals surface area contributed by atoms with Crippen LogP contribution in [0, 0.1) is 11.6 Å². The molecule has 0 aromatic heterocycles. The minimum Gasteiger partial charge on any atom is -0.326 e. The molecule has 1 saturated heterocycles. The van der Waals surface area contributed by atoms with Crippen molar-refractivity contribution >= 4 is 35.0 Å². The Morgan fingerprint density at radius 2 is 2.08 bits per heavy atom. The number of anilines is 2. The maximum atomic E-state index is 14.2. The van der Waals surface area contributed by atoms with Gasteiger partial charge in [0.05, 0.1) is 11.4 Å². The Hall–Kier alpha value is -2.41. The predicted octanol–water partition coefficient (Wildman–Crippen LogP) is 4.48. The molecule has 4 nitrogen and oxygen atoms in total. The number of carbonyl (C=O) groups excluding carboxylic acids is 2. The molecule has 0 aliphatic carbocycles. The molecule has 0 saturated carbocycles. The molecule has 1 N–H and O–H groups in total. The van der Waals surface area contributed by atoms with Crippen molar-refractivity contribution in [3.05, 3.63) is 59.7 Å². The van der Waals surface area contributed by atoms with Gasteiger partial charge in [0.1, 0.15) is 17.0 Å². The SMILES string of the molecule is CCCC(=O)Nc1cccc([C@@H]2SCC(=O)N2c2ccc(F)cc2F)c1. The van der Waals surface area contributed by atoms with Crippen LogP contribution in [0.5, 0.6) is 0 Å². The van der Waals surface area contributed by atoms with Crippen molar-refractivity contribution in [2.75, 3.05) is 16.0 Å². The lowest BCUT2D eigenvalue weighted by molar-refractivity contribution is -0.116. The van der Waals surface area contributed by atoms with Gasteiger partial charge in [0, 0.05) is 18.2 Å². The predicted molar refractivity (Wildman–Crippen MR) is 99.0 cm³/mol. The van der Waals surface area contributed by atoms with Gasteiger partial charge in [0.25, 0.3) is 0 Å². The minimum absolute atomic E-state index is 0.0480. The molecule has 136 valence electrons. The van der Waals surface area contributed by atoms with Gasteiger partial charge in [-0.3, -0.25) is 14.5 Å². The van der Waals surface area contributed by atoms with E-state index in [1.54, 1.807) is 18.2 Å². The summed E-state index contributed by atoms with van der Waals surface area (Å²) >= 11 is 1.36. The lowest BCUT2D eigenvalue weighted by atomic mass is 10.1. The Morgan fingerprint density at radius 1 is 1.27 bits per heavy atom. The number of carbonyl (C=O) groups is 2. The van der Waals surface area contributed by atoms with Crippen LogP contribution in [-0.4, -0.2) is 17.6 Å². The first-order chi connectivity index (χ1) is 12.5. The fourth-order valence-corrected chi connectivity index (χ4v) is 3.99. The summed E-state index contributed by atoms with van der Waals surface area (Å²) in [5.74, 6) is -1.60. The van der Waals surface area contributed by atoms with Gasteiger partial charge in [-0.15, -0.1) is 11.8 Å². The number of halogens is 2. The van der Waals surface area contributed by atoms with E-state index >= 15 is 0 Å². The number of amides is 2. The molecule has 1 heterocycles. The van der Waals surface area contributed by atoms with Crippen LogP contribution in [0.4, 0.5) is 20.2 Å². The fourth-order valence-electron chi connectivity index (χ4n) is 2.83. The van der Waals surface area contributed by atoms with Gasteiger partial charge < -0.3 is 5.32 Å². The summed E-state index contributed by atoms with van der Waals surface area (Å²) in [6.45, 7) is 1.92. The maximum absolute atomic E-state index is 14.2. The Kier molecular flexibility index (Phi) is 5.56. The van der Waals surface area contributed by atoms with E-state index in [-0.39, 0.29) is 23.3 Å². The van der Waals surface area contributed by atoms with Gasteiger partial charge in [-0.05, 0) is 36.2 Å². The Morgan fingerprint density at radius 3 is 2.81 bits per heavy atom. The van der Waals surface area contributed by atoms with Crippen LogP contribution in [0.25, 0.3) is 0 Å². The average molecular weight is 376 g/mol. The summed E-state index contributed by atoms with van der Waals surface area (Å²) in [5.41, 5.74) is 1.44. The molecule has 0 spiro atoms. The van der Waals surface area contributed by atoms with Crippen LogP contribution < -0.4 is 10.2 Å². The number of hydrogen-bond acceptors (Lipinski definition) is 3. The van der Waals surface area contributed by atoms with Crippen LogP contribution >= 0.6 is 11.8 Å². The largest absolute Gasteiger partial charge is 0.326 e. The third-order valence-electron chi connectivity index (χ3n) is 3.97. The number of nitrogens with zero attached hydrogens (tertiary/aromatic N) is 1. The number of rotatable bonds is 5. The van der Waals surface area contributed by atoms with E-state index in [2.05, 4.69) is 5.32 Å². The second-order valence-electron chi connectivity index (χ2n) is 5.95. The molecule has 2 aromatic rings. The monoisotopic (exact) mass is 376 g/mol. The molecular formula is C19H18F2N2O2S. The van der Waals surface area contributed by atoms with E-state index in [0.29, 0.717) is 12.1 Å². The van der Waals surface area contributed by atoms with Gasteiger partial charge in [-0.1, -0.05) is 19.1 Å². The summed E-state index contributed by atoms with van der Waals surface area (Å²) in [6, 6.07) is 10.3. The molecule has 1 atom stereocenters. The highest BCUT2D eigenvalue weighted by molar-refractivity contribution is 8.00. The summed E-state index contributed by atoms with van der Waals surface area (Å²) in [5, 5.41) is 2.38. The normalized spacial score (nSPS) is 16.8. The van der Waals surface area contributed by atoms with Gasteiger partial charge >= 0.3 is 0 Å². The highest BCUT2D eigenvalue weighted by atomic mass is 32.2. The van der Waals surface area contributed by atoms with E-state index < -0.39 is 17.0 Å². The molecule has 0 radical (unpaired) electrons. The summed E-state index contributed by atoms with van der Waals surface area (Å²) in [6.07, 6.45) is 1.17. The highest BCUT2D eigenvalue weighted by Crippen LogP contribution is 2.43. The van der Waals surface area contributed by atoms with Crippen molar-refractivity contribution in [1.82, 2.24) is 0 Å². The number of benzene rings is 2. The van der Waals surface area contributed by atoms with Crippen molar-refractivity contribution in [2.24, 2.45) is 0 Å². The lowest BCUT2D eigenvalue weighted by Crippen LogP contribution is -2.28. The smallest absolute Gasteiger partial charge is 0.238 e. The molecule has 7 heteroatoms. The van der Waals surface area contributed by atoms with Crippen LogP contribution in [0.15, 0.2) is 42.5 Å². The Balaban J connectivity index is 1.90. The van der Waals surface area contributed by atoms with E-state index in [9.17, 15) is 18.4 Å². The molecule has 1 aliphatic heterocycles. The first-order valence-corrected chi connectivity index (χ1v) is 9.33. The van der Waals surface area contributed by atoms with E-state index in [1.165, 1.54) is 22.7 Å². The van der Waals surface area contributed by atoms with Crippen LogP contribution in [0.2, 0.25) is 0 Å². The van der Waals surface area contributed by atoms with Crippen molar-refractivity contribution in [2.45, 2.75) is 25.1 Å². The summed E-state index contributed by atoms with van der Waals surface area (Å²) < 4.78 is 27.4. The zero-order valence-electron chi connectivity index (χ0n) is 14.2. The minimum atomic E-state index is -0.779. The molecule has 1 fully saturated rings. The molecular weight excluding hydrogens is 358 g/mol.